The number of ether oxygens (including phenoxy) is 2. The summed E-state index contributed by atoms with van der Waals surface area (Å²) < 4.78 is 24.1. The number of aromatic nitrogens is 1. The lowest BCUT2D eigenvalue weighted by molar-refractivity contribution is -0.144. The van der Waals surface area contributed by atoms with E-state index in [1.807, 2.05) is 12.1 Å². The number of pyridine rings is 1. The lowest BCUT2D eigenvalue weighted by Gasteiger charge is -2.32. The molecule has 208 valence electrons. The van der Waals surface area contributed by atoms with Crippen molar-refractivity contribution in [1.82, 2.24) is 14.8 Å². The van der Waals surface area contributed by atoms with E-state index in [9.17, 15) is 18.8 Å². The highest BCUT2D eigenvalue weighted by molar-refractivity contribution is 6.38. The zero-order chi connectivity index (χ0) is 27.5. The van der Waals surface area contributed by atoms with E-state index in [0.29, 0.717) is 49.0 Å². The lowest BCUT2D eigenvalue weighted by Crippen LogP contribution is -2.39. The maximum Gasteiger partial charge on any atom is 0.290 e. The molecular weight excluding hydrogens is 503 g/mol. The average Bonchev–Trinajstić information content (AvgIpc) is 3.62. The summed E-state index contributed by atoms with van der Waals surface area (Å²) in [7, 11) is 3.02. The molecule has 0 saturated carbocycles. The first-order valence-electron chi connectivity index (χ1n) is 13.6. The van der Waals surface area contributed by atoms with E-state index in [0.717, 1.165) is 37.7 Å². The van der Waals surface area contributed by atoms with Crippen LogP contribution in [0, 0.1) is 11.7 Å². The number of fused-ring (bicyclic) bond motifs is 1. The van der Waals surface area contributed by atoms with E-state index >= 15 is 0 Å². The van der Waals surface area contributed by atoms with Crippen molar-refractivity contribution in [1.29, 1.82) is 0 Å². The van der Waals surface area contributed by atoms with Gasteiger partial charge in [-0.1, -0.05) is 12.1 Å². The van der Waals surface area contributed by atoms with Crippen LogP contribution in [0.3, 0.4) is 0 Å². The van der Waals surface area contributed by atoms with Crippen molar-refractivity contribution >= 4 is 23.4 Å². The summed E-state index contributed by atoms with van der Waals surface area (Å²) in [6, 6.07) is 8.26. The number of ketones is 1. The highest BCUT2D eigenvalue weighted by Gasteiger charge is 2.41. The van der Waals surface area contributed by atoms with Crippen molar-refractivity contribution in [2.24, 2.45) is 5.92 Å². The maximum absolute atomic E-state index is 13.7. The number of amides is 2. The van der Waals surface area contributed by atoms with E-state index in [4.69, 9.17) is 9.47 Å². The third kappa shape index (κ3) is 5.61. The van der Waals surface area contributed by atoms with Gasteiger partial charge in [0.1, 0.15) is 23.9 Å². The van der Waals surface area contributed by atoms with Gasteiger partial charge in [0, 0.05) is 45.4 Å². The molecule has 1 unspecified atom stereocenters. The molecule has 4 heterocycles. The Kier molecular flexibility index (Phi) is 8.11. The molecule has 0 radical (unpaired) electrons. The minimum atomic E-state index is -0.727. The molecule has 9 nitrogen and oxygen atoms in total. The minimum absolute atomic E-state index is 0.187. The second-order valence-corrected chi connectivity index (χ2v) is 10.6. The zero-order valence-electron chi connectivity index (χ0n) is 22.5. The molecule has 10 heteroatoms. The standard InChI is InChI=1S/C29H35FN4O5/c1-38-18-34-17-24(25(35)29(37)32-11-3-4-12-32)22-16-23(27(39-2)31-26(22)34)28(36)33-13-9-20(10-14-33)15-19-5-7-21(30)8-6-19/h5-8,16,20,24H,3-4,9-15,17-18H2,1-2H3. The second-order valence-electron chi connectivity index (χ2n) is 10.6. The van der Waals surface area contributed by atoms with E-state index < -0.39 is 17.6 Å². The van der Waals surface area contributed by atoms with Gasteiger partial charge in [0.25, 0.3) is 11.8 Å². The summed E-state index contributed by atoms with van der Waals surface area (Å²) in [5.41, 5.74) is 1.93. The predicted octanol–water partition coefficient (Wildman–Crippen LogP) is 3.02. The number of benzene rings is 1. The van der Waals surface area contributed by atoms with Crippen LogP contribution < -0.4 is 9.64 Å². The summed E-state index contributed by atoms with van der Waals surface area (Å²) in [5, 5.41) is 0. The van der Waals surface area contributed by atoms with Gasteiger partial charge >= 0.3 is 0 Å². The van der Waals surface area contributed by atoms with Crippen molar-refractivity contribution in [3.8, 4) is 5.88 Å². The Morgan fingerprint density at radius 3 is 2.33 bits per heavy atom. The van der Waals surface area contributed by atoms with Crippen molar-refractivity contribution < 1.29 is 28.2 Å². The Morgan fingerprint density at radius 2 is 1.69 bits per heavy atom. The number of methoxy groups -OCH3 is 2. The first-order chi connectivity index (χ1) is 18.9. The Hall–Kier alpha value is -3.53. The van der Waals surface area contributed by atoms with Crippen molar-refractivity contribution in [3.05, 3.63) is 52.8 Å². The van der Waals surface area contributed by atoms with Crippen molar-refractivity contribution in [2.45, 2.75) is 38.0 Å². The zero-order valence-corrected chi connectivity index (χ0v) is 22.5. The molecule has 0 aliphatic carbocycles. The molecule has 0 bridgehead atoms. The van der Waals surface area contributed by atoms with Gasteiger partial charge in [-0.05, 0) is 61.8 Å². The van der Waals surface area contributed by atoms with E-state index in [1.165, 1.54) is 19.2 Å². The summed E-state index contributed by atoms with van der Waals surface area (Å²) in [6.07, 6.45) is 4.30. The van der Waals surface area contributed by atoms with Crippen molar-refractivity contribution in [3.63, 3.8) is 0 Å². The van der Waals surface area contributed by atoms with Crippen LogP contribution in [0.5, 0.6) is 5.88 Å². The fourth-order valence-electron chi connectivity index (χ4n) is 5.91. The smallest absolute Gasteiger partial charge is 0.290 e. The van der Waals surface area contributed by atoms with Gasteiger partial charge in [0.15, 0.2) is 0 Å². The number of piperidine rings is 1. The Balaban J connectivity index is 1.34. The van der Waals surface area contributed by atoms with E-state index in [-0.39, 0.29) is 30.9 Å². The monoisotopic (exact) mass is 538 g/mol. The minimum Gasteiger partial charge on any atom is -0.480 e. The first-order valence-corrected chi connectivity index (χ1v) is 13.6. The van der Waals surface area contributed by atoms with Gasteiger partial charge in [0.05, 0.1) is 13.0 Å². The molecule has 2 aromatic rings. The van der Waals surface area contributed by atoms with Crippen LogP contribution in [-0.2, 0) is 20.7 Å². The predicted molar refractivity (Wildman–Crippen MR) is 142 cm³/mol. The molecular formula is C29H35FN4O5. The van der Waals surface area contributed by atoms with Crippen LogP contribution in [0.1, 0.15) is 53.1 Å². The van der Waals surface area contributed by atoms with Gasteiger partial charge in [-0.15, -0.1) is 0 Å². The number of rotatable bonds is 8. The summed E-state index contributed by atoms with van der Waals surface area (Å²) in [6.45, 7) is 2.79. The van der Waals surface area contributed by atoms with Crippen LogP contribution in [0.25, 0.3) is 0 Å². The first kappa shape index (κ1) is 27.1. The quantitative estimate of drug-likeness (QED) is 0.477. The molecule has 1 aromatic carbocycles. The van der Waals surface area contributed by atoms with Gasteiger partial charge < -0.3 is 24.2 Å². The van der Waals surface area contributed by atoms with E-state index in [2.05, 4.69) is 4.98 Å². The Bertz CT molecular complexity index is 1220. The maximum atomic E-state index is 13.7. The van der Waals surface area contributed by atoms with Gasteiger partial charge in [-0.25, -0.2) is 4.39 Å². The summed E-state index contributed by atoms with van der Waals surface area (Å²) in [4.78, 5) is 49.8. The highest BCUT2D eigenvalue weighted by atomic mass is 19.1. The molecule has 39 heavy (non-hydrogen) atoms. The van der Waals surface area contributed by atoms with Gasteiger partial charge in [-0.3, -0.25) is 14.4 Å². The lowest BCUT2D eigenvalue weighted by atomic mass is 9.90. The molecule has 3 aliphatic heterocycles. The largest absolute Gasteiger partial charge is 0.480 e. The number of halogens is 1. The number of carbonyl (C=O) groups is 3. The number of hydrogen-bond acceptors (Lipinski definition) is 7. The number of Topliss-reactive ketones (excluding diaryl/α,β-unsaturated/α-hetero) is 1. The number of nitrogens with zero attached hydrogens (tertiary/aromatic N) is 4. The summed E-state index contributed by atoms with van der Waals surface area (Å²) >= 11 is 0. The van der Waals surface area contributed by atoms with E-state index in [1.54, 1.807) is 27.9 Å². The fraction of sp³-hybridized carbons (Fsp3) is 0.517. The second kappa shape index (κ2) is 11.7. The molecule has 2 fully saturated rings. The molecule has 0 N–H and O–H groups in total. The molecule has 1 aromatic heterocycles. The molecule has 3 aliphatic rings. The molecule has 1 atom stereocenters. The third-order valence-electron chi connectivity index (χ3n) is 8.04. The third-order valence-corrected chi connectivity index (χ3v) is 8.04. The molecule has 5 rings (SSSR count). The number of carbonyl (C=O) groups excluding carboxylic acids is 3. The topological polar surface area (TPSA) is 92.3 Å². The normalized spacial score (nSPS) is 19.4. The molecule has 0 spiro atoms. The summed E-state index contributed by atoms with van der Waals surface area (Å²) in [5.74, 6) is -1.05. The number of hydrogen-bond donors (Lipinski definition) is 0. The average molecular weight is 539 g/mol. The van der Waals surface area contributed by atoms with Crippen LogP contribution in [0.2, 0.25) is 0 Å². The van der Waals surface area contributed by atoms with Crippen LogP contribution >= 0.6 is 0 Å². The Morgan fingerprint density at radius 1 is 1.00 bits per heavy atom. The van der Waals surface area contributed by atoms with Crippen molar-refractivity contribution in [2.75, 3.05) is 58.6 Å². The van der Waals surface area contributed by atoms with Crippen LogP contribution in [0.4, 0.5) is 10.2 Å². The highest BCUT2D eigenvalue weighted by Crippen LogP contribution is 2.39. The van der Waals surface area contributed by atoms with Gasteiger partial charge in [0.2, 0.25) is 11.7 Å². The van der Waals surface area contributed by atoms with Gasteiger partial charge in [-0.2, -0.15) is 4.98 Å². The fourth-order valence-corrected chi connectivity index (χ4v) is 5.91. The van der Waals surface area contributed by atoms with Crippen LogP contribution in [-0.4, -0.2) is 86.1 Å². The molecule has 2 amide bonds. The van der Waals surface area contributed by atoms with Crippen LogP contribution in [0.15, 0.2) is 30.3 Å². The SMILES string of the molecule is COCN1CC(C(=O)C(=O)N2CCCC2)c2cc(C(=O)N3CCC(Cc4ccc(F)cc4)CC3)c(OC)nc21. The molecule has 2 saturated heterocycles. The number of anilines is 1. The Labute approximate surface area is 227 Å². The number of likely N-dealkylation sites (tertiary alicyclic amines) is 2.